The van der Waals surface area contributed by atoms with Gasteiger partial charge in [0.2, 0.25) is 0 Å². The first-order chi connectivity index (χ1) is 25.2. The van der Waals surface area contributed by atoms with Crippen LogP contribution in [-0.2, 0) is 6.54 Å². The highest BCUT2D eigenvalue weighted by Crippen LogP contribution is 2.39. The Labute approximate surface area is 297 Å². The average molecular weight is 680 g/mol. The van der Waals surface area contributed by atoms with Gasteiger partial charge < -0.3 is 14.6 Å². The molecule has 0 aliphatic rings. The number of benzene rings is 7. The van der Waals surface area contributed by atoms with Crippen LogP contribution in [0.4, 0.5) is 0 Å². The second-order valence-corrected chi connectivity index (χ2v) is 14.2. The molecule has 10 rings (SSSR count). The van der Waals surface area contributed by atoms with Crippen molar-refractivity contribution in [2.45, 2.75) is 18.9 Å². The molecule has 5 nitrogen and oxygen atoms in total. The summed E-state index contributed by atoms with van der Waals surface area (Å²) in [5.74, 6) is 0. The van der Waals surface area contributed by atoms with Gasteiger partial charge in [-0.1, -0.05) is 109 Å². The van der Waals surface area contributed by atoms with Gasteiger partial charge in [0.05, 0.1) is 12.3 Å². The summed E-state index contributed by atoms with van der Waals surface area (Å²) in [5.41, 5.74) is 15.8. The molecule has 10 aromatic rings. The molecule has 3 aromatic heterocycles. The number of thiophene rings is 1. The first kappa shape index (κ1) is 30.1. The van der Waals surface area contributed by atoms with Crippen LogP contribution in [0.1, 0.15) is 29.0 Å². The van der Waals surface area contributed by atoms with E-state index >= 15 is 0 Å². The molecule has 0 fully saturated rings. The van der Waals surface area contributed by atoms with E-state index in [0.717, 1.165) is 66.1 Å². The zero-order chi connectivity index (χ0) is 33.9. The van der Waals surface area contributed by atoms with Crippen molar-refractivity contribution in [2.24, 2.45) is 5.73 Å². The van der Waals surface area contributed by atoms with Crippen molar-refractivity contribution >= 4 is 75.4 Å². The minimum absolute atomic E-state index is 0.305. The molecule has 2 atom stereocenters. The molecular formula is C45H33N3O2S. The predicted octanol–water partition coefficient (Wildman–Crippen LogP) is 11.6. The molecule has 4 N–H and O–H groups in total. The van der Waals surface area contributed by atoms with Crippen LogP contribution in [0, 0.1) is 0 Å². The number of furan rings is 2. The molecule has 51 heavy (non-hydrogen) atoms. The van der Waals surface area contributed by atoms with Crippen molar-refractivity contribution < 1.29 is 8.83 Å². The summed E-state index contributed by atoms with van der Waals surface area (Å²) in [6.45, 7) is 0.642. The van der Waals surface area contributed by atoms with Crippen LogP contribution in [-0.4, -0.2) is 0 Å². The monoisotopic (exact) mass is 679 g/mol. The Kier molecular flexibility index (Phi) is 7.22. The fraction of sp³-hybridized carbons (Fsp3) is 0.0667. The second kappa shape index (κ2) is 12.2. The van der Waals surface area contributed by atoms with E-state index in [1.165, 1.54) is 25.7 Å². The molecule has 0 amide bonds. The van der Waals surface area contributed by atoms with Crippen LogP contribution in [0.3, 0.4) is 0 Å². The Bertz CT molecular complexity index is 2890. The van der Waals surface area contributed by atoms with Crippen molar-refractivity contribution in [3.05, 3.63) is 168 Å². The summed E-state index contributed by atoms with van der Waals surface area (Å²) < 4.78 is 15.4. The number of nitrogens with one attached hydrogen (secondary N) is 2. The molecule has 246 valence electrons. The third-order valence-corrected chi connectivity index (χ3v) is 11.2. The smallest absolute Gasteiger partial charge is 0.141 e. The molecule has 3 heterocycles. The molecule has 0 saturated carbocycles. The van der Waals surface area contributed by atoms with E-state index < -0.39 is 6.17 Å². The minimum Gasteiger partial charge on any atom is -0.456 e. The summed E-state index contributed by atoms with van der Waals surface area (Å²) in [7, 11) is 0. The maximum Gasteiger partial charge on any atom is 0.141 e. The Balaban J connectivity index is 1.05. The summed E-state index contributed by atoms with van der Waals surface area (Å²) in [5, 5.41) is 14.5. The van der Waals surface area contributed by atoms with Gasteiger partial charge in [-0.25, -0.2) is 0 Å². The average Bonchev–Trinajstić information content (AvgIpc) is 3.87. The molecule has 0 saturated heterocycles. The number of hydrogen-bond donors (Lipinski definition) is 3. The molecule has 0 radical (unpaired) electrons. The van der Waals surface area contributed by atoms with E-state index in [2.05, 4.69) is 132 Å². The van der Waals surface area contributed by atoms with Crippen LogP contribution in [0.15, 0.2) is 160 Å². The lowest BCUT2D eigenvalue weighted by Crippen LogP contribution is -2.39. The van der Waals surface area contributed by atoms with E-state index in [0.29, 0.717) is 6.54 Å². The fourth-order valence-corrected chi connectivity index (χ4v) is 8.69. The third-order valence-electron chi connectivity index (χ3n) is 10.0. The normalized spacial score (nSPS) is 13.3. The van der Waals surface area contributed by atoms with Crippen LogP contribution in [0.25, 0.3) is 75.2 Å². The Morgan fingerprint density at radius 1 is 0.549 bits per heavy atom. The summed E-state index contributed by atoms with van der Waals surface area (Å²) in [4.78, 5) is 0. The van der Waals surface area contributed by atoms with Gasteiger partial charge in [0.15, 0.2) is 0 Å². The Hall–Kier alpha value is -5.76. The lowest BCUT2D eigenvalue weighted by atomic mass is 10.00. The predicted molar refractivity (Wildman–Crippen MR) is 212 cm³/mol. The molecule has 0 spiro atoms. The highest BCUT2D eigenvalue weighted by molar-refractivity contribution is 7.25. The molecule has 0 bridgehead atoms. The van der Waals surface area contributed by atoms with E-state index in [1.807, 2.05) is 41.7 Å². The molecular weight excluding hydrogens is 647 g/mol. The maximum atomic E-state index is 6.83. The van der Waals surface area contributed by atoms with Gasteiger partial charge >= 0.3 is 0 Å². The van der Waals surface area contributed by atoms with Crippen LogP contribution < -0.4 is 16.4 Å². The number of hydrogen-bond acceptors (Lipinski definition) is 6. The number of rotatable bonds is 8. The molecule has 0 aliphatic carbocycles. The van der Waals surface area contributed by atoms with Crippen molar-refractivity contribution in [3.63, 3.8) is 0 Å². The van der Waals surface area contributed by atoms with Gasteiger partial charge in [-0.3, -0.25) is 10.6 Å². The summed E-state index contributed by atoms with van der Waals surface area (Å²) in [6.07, 6.45) is -0.706. The zero-order valence-electron chi connectivity index (χ0n) is 27.6. The topological polar surface area (TPSA) is 76.4 Å². The number of para-hydroxylation sites is 2. The van der Waals surface area contributed by atoms with Gasteiger partial charge in [0.1, 0.15) is 22.3 Å². The first-order valence-electron chi connectivity index (χ1n) is 17.2. The largest absolute Gasteiger partial charge is 0.456 e. The first-order valence-corrected chi connectivity index (χ1v) is 18.1. The number of fused-ring (bicyclic) bond motifs is 9. The summed E-state index contributed by atoms with van der Waals surface area (Å²) in [6, 6.07) is 52.9. The summed E-state index contributed by atoms with van der Waals surface area (Å²) >= 11 is 1.84. The maximum absolute atomic E-state index is 6.83. The van der Waals surface area contributed by atoms with Gasteiger partial charge in [0, 0.05) is 53.8 Å². The Morgan fingerprint density at radius 3 is 2.04 bits per heavy atom. The van der Waals surface area contributed by atoms with Gasteiger partial charge in [-0.15, -0.1) is 11.3 Å². The lowest BCUT2D eigenvalue weighted by molar-refractivity contribution is 0.385. The van der Waals surface area contributed by atoms with E-state index in [4.69, 9.17) is 14.6 Å². The standard InChI is InChI=1S/C45H33N3O2S/c46-44(27-10-2-1-3-11-27)48-45(47-26-30-12-8-19-41-42(30)33-14-5-7-18-40(33)51-41)34-16-9-15-32-36-25-29(21-23-39(36)50-43(32)34)28-20-22-38-35(24-28)31-13-4-6-17-37(31)49-38/h1-25,44-45,47-48H,26,46H2. The lowest BCUT2D eigenvalue weighted by Gasteiger charge is -2.25. The van der Waals surface area contributed by atoms with E-state index in [-0.39, 0.29) is 6.17 Å². The quantitative estimate of drug-likeness (QED) is 0.139. The van der Waals surface area contributed by atoms with E-state index in [9.17, 15) is 0 Å². The molecule has 7 aromatic carbocycles. The number of nitrogens with two attached hydrogens (primary N) is 1. The molecule has 2 unspecified atom stereocenters. The van der Waals surface area contributed by atoms with Gasteiger partial charge in [-0.2, -0.15) is 0 Å². The SMILES string of the molecule is NC(NC(NCc1cccc2sc3ccccc3c12)c1cccc2c1oc1ccc(-c3ccc4oc5ccccc5c4c3)cc12)c1ccccc1. The zero-order valence-corrected chi connectivity index (χ0v) is 28.4. The fourth-order valence-electron chi connectivity index (χ4n) is 7.53. The van der Waals surface area contributed by atoms with Crippen molar-refractivity contribution in [2.75, 3.05) is 0 Å². The van der Waals surface area contributed by atoms with Crippen LogP contribution in [0.5, 0.6) is 0 Å². The van der Waals surface area contributed by atoms with Crippen LogP contribution >= 0.6 is 11.3 Å². The minimum atomic E-state index is -0.401. The molecule has 0 aliphatic heterocycles. The van der Waals surface area contributed by atoms with Crippen LogP contribution in [0.2, 0.25) is 0 Å². The highest BCUT2D eigenvalue weighted by atomic mass is 32.1. The highest BCUT2D eigenvalue weighted by Gasteiger charge is 2.22. The van der Waals surface area contributed by atoms with Crippen molar-refractivity contribution in [1.29, 1.82) is 0 Å². The second-order valence-electron chi connectivity index (χ2n) is 13.1. The van der Waals surface area contributed by atoms with Crippen molar-refractivity contribution in [1.82, 2.24) is 10.6 Å². The third kappa shape index (κ3) is 5.20. The van der Waals surface area contributed by atoms with Crippen molar-refractivity contribution in [3.8, 4) is 11.1 Å². The Morgan fingerprint density at radius 2 is 1.20 bits per heavy atom. The van der Waals surface area contributed by atoms with Gasteiger partial charge in [-0.05, 0) is 64.7 Å². The molecule has 6 heteroatoms. The van der Waals surface area contributed by atoms with E-state index in [1.54, 1.807) is 0 Å². The van der Waals surface area contributed by atoms with Gasteiger partial charge in [0.25, 0.3) is 0 Å².